The minimum absolute atomic E-state index is 0.118. The van der Waals surface area contributed by atoms with E-state index in [4.69, 9.17) is 10.4 Å². The number of rotatable bonds is 5. The number of hydrogen-bond acceptors (Lipinski definition) is 5. The van der Waals surface area contributed by atoms with Crippen LogP contribution in [0.5, 0.6) is 0 Å². The van der Waals surface area contributed by atoms with Gasteiger partial charge in [0.15, 0.2) is 5.60 Å². The number of aliphatic carboxylic acids is 1. The van der Waals surface area contributed by atoms with Gasteiger partial charge in [-0.2, -0.15) is 5.26 Å². The lowest BCUT2D eigenvalue weighted by Crippen LogP contribution is -2.46. The van der Waals surface area contributed by atoms with E-state index in [0.717, 1.165) is 6.92 Å². The van der Waals surface area contributed by atoms with Gasteiger partial charge in [-0.25, -0.2) is 17.9 Å². The second-order valence-electron chi connectivity index (χ2n) is 4.04. The highest BCUT2D eigenvalue weighted by molar-refractivity contribution is 7.89. The Balaban J connectivity index is 2.88. The van der Waals surface area contributed by atoms with Gasteiger partial charge in [0, 0.05) is 0 Å². The summed E-state index contributed by atoms with van der Waals surface area (Å²) in [5, 5.41) is 26.7. The van der Waals surface area contributed by atoms with Crippen LogP contribution in [0.15, 0.2) is 29.2 Å². The summed E-state index contributed by atoms with van der Waals surface area (Å²) in [5.41, 5.74) is -1.89. The van der Waals surface area contributed by atoms with Crippen LogP contribution < -0.4 is 4.72 Å². The molecule has 0 heterocycles. The van der Waals surface area contributed by atoms with E-state index in [1.807, 2.05) is 10.8 Å². The van der Waals surface area contributed by atoms with Crippen molar-refractivity contribution in [2.45, 2.75) is 17.4 Å². The highest BCUT2D eigenvalue weighted by Gasteiger charge is 2.31. The quantitative estimate of drug-likeness (QED) is 0.679. The van der Waals surface area contributed by atoms with Crippen LogP contribution in [0.3, 0.4) is 0 Å². The summed E-state index contributed by atoms with van der Waals surface area (Å²) in [6.07, 6.45) is 0. The van der Waals surface area contributed by atoms with Gasteiger partial charge in [-0.1, -0.05) is 0 Å². The first-order valence-corrected chi connectivity index (χ1v) is 6.63. The van der Waals surface area contributed by atoms with Crippen molar-refractivity contribution in [2.75, 3.05) is 6.54 Å². The van der Waals surface area contributed by atoms with Crippen LogP contribution >= 0.6 is 0 Å². The Hall–Kier alpha value is -1.95. The fourth-order valence-electron chi connectivity index (χ4n) is 1.10. The van der Waals surface area contributed by atoms with Gasteiger partial charge in [-0.15, -0.1) is 0 Å². The number of aliphatic hydroxyl groups is 1. The van der Waals surface area contributed by atoms with Gasteiger partial charge < -0.3 is 10.2 Å². The third-order valence-corrected chi connectivity index (χ3v) is 3.78. The SMILES string of the molecule is CC(O)(CNS(=O)(=O)c1ccc(C#N)cc1)C(=O)O. The van der Waals surface area contributed by atoms with Gasteiger partial charge >= 0.3 is 5.97 Å². The summed E-state index contributed by atoms with van der Waals surface area (Å²) < 4.78 is 25.6. The molecule has 3 N–H and O–H groups in total. The van der Waals surface area contributed by atoms with Crippen molar-refractivity contribution >= 4 is 16.0 Å². The Morgan fingerprint density at radius 3 is 2.37 bits per heavy atom. The molecule has 0 amide bonds. The molecule has 0 aliphatic heterocycles. The second-order valence-corrected chi connectivity index (χ2v) is 5.81. The lowest BCUT2D eigenvalue weighted by molar-refractivity contribution is -0.155. The number of sulfonamides is 1. The molecule has 0 aromatic heterocycles. The van der Waals surface area contributed by atoms with Gasteiger partial charge in [0.25, 0.3) is 0 Å². The molecule has 0 aliphatic carbocycles. The third-order valence-electron chi connectivity index (χ3n) is 2.36. The largest absolute Gasteiger partial charge is 0.479 e. The molecule has 8 heteroatoms. The number of nitrogens with zero attached hydrogens (tertiary/aromatic N) is 1. The molecule has 0 radical (unpaired) electrons. The number of carbonyl (C=O) groups is 1. The number of carboxylic acids is 1. The number of nitrogens with one attached hydrogen (secondary N) is 1. The first-order chi connectivity index (χ1) is 8.69. The van der Waals surface area contributed by atoms with Gasteiger partial charge in [-0.05, 0) is 31.2 Å². The molecule has 1 aromatic rings. The van der Waals surface area contributed by atoms with Crippen molar-refractivity contribution in [3.63, 3.8) is 0 Å². The van der Waals surface area contributed by atoms with E-state index >= 15 is 0 Å². The fraction of sp³-hybridized carbons (Fsp3) is 0.273. The van der Waals surface area contributed by atoms with E-state index < -0.39 is 28.1 Å². The second kappa shape index (κ2) is 5.36. The van der Waals surface area contributed by atoms with E-state index in [1.165, 1.54) is 24.3 Å². The summed E-state index contributed by atoms with van der Waals surface area (Å²) in [6.45, 7) is 0.321. The van der Waals surface area contributed by atoms with Crippen LogP contribution in [0.1, 0.15) is 12.5 Å². The van der Waals surface area contributed by atoms with Crippen molar-refractivity contribution in [3.8, 4) is 6.07 Å². The van der Waals surface area contributed by atoms with Crippen LogP contribution in [-0.2, 0) is 14.8 Å². The molecular weight excluding hydrogens is 272 g/mol. The average Bonchev–Trinajstić information content (AvgIpc) is 2.36. The maximum absolute atomic E-state index is 11.8. The standard InChI is InChI=1S/C11H12N2O5S/c1-11(16,10(14)15)7-13-19(17,18)9-4-2-8(6-12)3-5-9/h2-5,13,16H,7H2,1H3,(H,14,15). The molecule has 19 heavy (non-hydrogen) atoms. The van der Waals surface area contributed by atoms with Gasteiger partial charge in [-0.3, -0.25) is 0 Å². The lowest BCUT2D eigenvalue weighted by Gasteiger charge is -2.18. The maximum Gasteiger partial charge on any atom is 0.336 e. The summed E-state index contributed by atoms with van der Waals surface area (Å²) >= 11 is 0. The summed E-state index contributed by atoms with van der Waals surface area (Å²) in [4.78, 5) is 10.5. The van der Waals surface area contributed by atoms with Crippen molar-refractivity contribution < 1.29 is 23.4 Å². The van der Waals surface area contributed by atoms with E-state index in [9.17, 15) is 18.3 Å². The first kappa shape index (κ1) is 15.1. The molecule has 0 spiro atoms. The number of benzene rings is 1. The van der Waals surface area contributed by atoms with Gasteiger partial charge in [0.2, 0.25) is 10.0 Å². The summed E-state index contributed by atoms with van der Waals surface area (Å²) in [5.74, 6) is -1.53. The fourth-order valence-corrected chi connectivity index (χ4v) is 2.24. The van der Waals surface area contributed by atoms with Gasteiger partial charge in [0.1, 0.15) is 0 Å². The van der Waals surface area contributed by atoms with E-state index in [0.29, 0.717) is 5.56 Å². The molecule has 1 aromatic carbocycles. The van der Waals surface area contributed by atoms with Crippen molar-refractivity contribution in [1.29, 1.82) is 5.26 Å². The molecule has 1 rings (SSSR count). The highest BCUT2D eigenvalue weighted by Crippen LogP contribution is 2.11. The summed E-state index contributed by atoms with van der Waals surface area (Å²) in [6, 6.07) is 6.93. The molecule has 0 saturated carbocycles. The zero-order chi connectivity index (χ0) is 14.7. The third kappa shape index (κ3) is 3.75. The lowest BCUT2D eigenvalue weighted by atomic mass is 10.1. The Kier molecular flexibility index (Phi) is 4.26. The van der Waals surface area contributed by atoms with E-state index in [-0.39, 0.29) is 4.90 Å². The highest BCUT2D eigenvalue weighted by atomic mass is 32.2. The van der Waals surface area contributed by atoms with Crippen LogP contribution in [0, 0.1) is 11.3 Å². The van der Waals surface area contributed by atoms with Crippen LogP contribution in [0.4, 0.5) is 0 Å². The minimum atomic E-state index is -3.93. The van der Waals surface area contributed by atoms with Crippen LogP contribution in [0.2, 0.25) is 0 Å². The predicted molar refractivity (Wildman–Crippen MR) is 64.6 cm³/mol. The Morgan fingerprint density at radius 1 is 1.42 bits per heavy atom. The molecule has 0 aliphatic rings. The normalized spacial score (nSPS) is 14.4. The molecule has 102 valence electrons. The number of nitriles is 1. The molecule has 7 nitrogen and oxygen atoms in total. The van der Waals surface area contributed by atoms with Crippen LogP contribution in [0.25, 0.3) is 0 Å². The molecular formula is C11H12N2O5S. The Morgan fingerprint density at radius 2 is 1.95 bits per heavy atom. The topological polar surface area (TPSA) is 127 Å². The molecule has 1 unspecified atom stereocenters. The molecule has 0 bridgehead atoms. The van der Waals surface area contributed by atoms with E-state index in [2.05, 4.69) is 0 Å². The van der Waals surface area contributed by atoms with Crippen molar-refractivity contribution in [1.82, 2.24) is 4.72 Å². The zero-order valence-electron chi connectivity index (χ0n) is 9.99. The summed E-state index contributed by atoms with van der Waals surface area (Å²) in [7, 11) is -3.93. The first-order valence-electron chi connectivity index (χ1n) is 5.15. The number of hydrogen-bond donors (Lipinski definition) is 3. The Labute approximate surface area is 110 Å². The minimum Gasteiger partial charge on any atom is -0.479 e. The van der Waals surface area contributed by atoms with Gasteiger partial charge in [0.05, 0.1) is 23.1 Å². The van der Waals surface area contributed by atoms with Crippen molar-refractivity contribution in [2.24, 2.45) is 0 Å². The van der Waals surface area contributed by atoms with E-state index in [1.54, 1.807) is 0 Å². The van der Waals surface area contributed by atoms with Crippen LogP contribution in [-0.4, -0.2) is 36.7 Å². The monoisotopic (exact) mass is 284 g/mol. The smallest absolute Gasteiger partial charge is 0.336 e. The maximum atomic E-state index is 11.8. The molecule has 0 saturated heterocycles. The van der Waals surface area contributed by atoms with Crippen molar-refractivity contribution in [3.05, 3.63) is 29.8 Å². The molecule has 0 fully saturated rings. The average molecular weight is 284 g/mol. The number of carboxylic acid groups (broad SMARTS) is 1. The predicted octanol–water partition coefficient (Wildman–Crippen LogP) is -0.328. The zero-order valence-corrected chi connectivity index (χ0v) is 10.8. The molecule has 1 atom stereocenters. The Bertz CT molecular complexity index is 613.